The van der Waals surface area contributed by atoms with Crippen LogP contribution < -0.4 is 16.7 Å². The van der Waals surface area contributed by atoms with Crippen LogP contribution in [-0.2, 0) is 16.4 Å². The highest BCUT2D eigenvalue weighted by molar-refractivity contribution is 9.10. The van der Waals surface area contributed by atoms with E-state index in [0.29, 0.717) is 26.9 Å². The van der Waals surface area contributed by atoms with Crippen LogP contribution in [0.5, 0.6) is 0 Å². The molecule has 3 rings (SSSR count). The lowest BCUT2D eigenvalue weighted by atomic mass is 10.1. The number of hydrogen-bond acceptors (Lipinski definition) is 6. The average Bonchev–Trinajstić information content (AvgIpc) is 2.64. The number of aromatic nitrogens is 2. The van der Waals surface area contributed by atoms with Crippen molar-refractivity contribution in [3.8, 4) is 0 Å². The lowest BCUT2D eigenvalue weighted by molar-refractivity contribution is 0.597. The molecular formula is C17H16BrClN4O3S. The molecule has 3 aromatic rings. The molecule has 1 heterocycles. The summed E-state index contributed by atoms with van der Waals surface area (Å²) < 4.78 is 26.5. The Labute approximate surface area is 169 Å². The maximum Gasteiger partial charge on any atom is 0.280 e. The van der Waals surface area contributed by atoms with E-state index in [1.807, 2.05) is 0 Å². The summed E-state index contributed by atoms with van der Waals surface area (Å²) >= 11 is 9.40. The normalized spacial score (nSPS) is 11.7. The van der Waals surface area contributed by atoms with Crippen molar-refractivity contribution in [3.63, 3.8) is 0 Å². The standard InChI is InChI=1S/C17H16BrClN4O3S/c1-2-27(25,26)16-4-3-11(19)6-15(16)22-23-9-21-14-5-10(8-20)13(18)7-12(14)17(23)24/h3-7,9,22H,2,8,20H2,1H3. The number of fused-ring (bicyclic) bond motifs is 1. The minimum absolute atomic E-state index is 0.0565. The Hall–Kier alpha value is -1.94. The van der Waals surface area contributed by atoms with Gasteiger partial charge in [0.05, 0.1) is 27.2 Å². The van der Waals surface area contributed by atoms with E-state index in [9.17, 15) is 13.2 Å². The molecule has 0 fully saturated rings. The summed E-state index contributed by atoms with van der Waals surface area (Å²) in [5.41, 5.74) is 9.61. The molecule has 0 amide bonds. The minimum Gasteiger partial charge on any atom is -0.326 e. The van der Waals surface area contributed by atoms with Crippen LogP contribution >= 0.6 is 27.5 Å². The number of halogens is 2. The van der Waals surface area contributed by atoms with Gasteiger partial charge in [0.2, 0.25) is 0 Å². The van der Waals surface area contributed by atoms with E-state index in [4.69, 9.17) is 17.3 Å². The van der Waals surface area contributed by atoms with Crippen molar-refractivity contribution < 1.29 is 8.42 Å². The van der Waals surface area contributed by atoms with Gasteiger partial charge in [-0.25, -0.2) is 18.1 Å². The second-order valence-corrected chi connectivity index (χ2v) is 9.28. The second-order valence-electron chi connectivity index (χ2n) is 5.74. The summed E-state index contributed by atoms with van der Waals surface area (Å²) in [7, 11) is -3.52. The first kappa shape index (κ1) is 19.8. The van der Waals surface area contributed by atoms with Gasteiger partial charge >= 0.3 is 0 Å². The fourth-order valence-corrected chi connectivity index (χ4v) is 4.27. The van der Waals surface area contributed by atoms with Crippen molar-refractivity contribution in [2.45, 2.75) is 18.4 Å². The molecular weight excluding hydrogens is 456 g/mol. The molecule has 27 heavy (non-hydrogen) atoms. The zero-order chi connectivity index (χ0) is 19.8. The van der Waals surface area contributed by atoms with Crippen molar-refractivity contribution in [2.24, 2.45) is 5.73 Å². The molecule has 0 atom stereocenters. The third-order valence-electron chi connectivity index (χ3n) is 4.04. The number of nitrogens with two attached hydrogens (primary N) is 1. The van der Waals surface area contributed by atoms with Gasteiger partial charge in [-0.15, -0.1) is 0 Å². The summed E-state index contributed by atoms with van der Waals surface area (Å²) in [5, 5.41) is 0.695. The number of nitrogens with one attached hydrogen (secondary N) is 1. The Kier molecular flexibility index (Phi) is 5.57. The van der Waals surface area contributed by atoms with Crippen LogP contribution in [0.2, 0.25) is 5.02 Å². The Bertz CT molecular complexity index is 1190. The van der Waals surface area contributed by atoms with Gasteiger partial charge in [0.15, 0.2) is 9.84 Å². The second kappa shape index (κ2) is 7.59. The van der Waals surface area contributed by atoms with Gasteiger partial charge < -0.3 is 5.73 Å². The third-order valence-corrected chi connectivity index (χ3v) is 6.80. The zero-order valence-electron chi connectivity index (χ0n) is 14.2. The maximum atomic E-state index is 12.8. The van der Waals surface area contributed by atoms with Crippen LogP contribution in [-0.4, -0.2) is 23.8 Å². The van der Waals surface area contributed by atoms with Crippen LogP contribution in [0.4, 0.5) is 5.69 Å². The summed E-state index contributed by atoms with van der Waals surface area (Å²) in [6, 6.07) is 7.73. The Morgan fingerprint density at radius 1 is 1.30 bits per heavy atom. The Morgan fingerprint density at radius 2 is 2.04 bits per heavy atom. The SMILES string of the molecule is CCS(=O)(=O)c1ccc(Cl)cc1Nn1cnc2cc(CN)c(Br)cc2c1=O. The van der Waals surface area contributed by atoms with Gasteiger partial charge in [0.25, 0.3) is 5.56 Å². The lowest BCUT2D eigenvalue weighted by Crippen LogP contribution is -2.27. The fraction of sp³-hybridized carbons (Fsp3) is 0.176. The average molecular weight is 472 g/mol. The number of nitrogens with zero attached hydrogens (tertiary/aromatic N) is 2. The number of sulfone groups is 1. The van der Waals surface area contributed by atoms with Gasteiger partial charge in [-0.3, -0.25) is 10.2 Å². The van der Waals surface area contributed by atoms with Crippen LogP contribution in [0, 0.1) is 0 Å². The van der Waals surface area contributed by atoms with Crippen molar-refractivity contribution in [3.05, 3.63) is 62.1 Å². The van der Waals surface area contributed by atoms with E-state index >= 15 is 0 Å². The molecule has 1 aromatic heterocycles. The van der Waals surface area contributed by atoms with Crippen molar-refractivity contribution in [1.29, 1.82) is 0 Å². The lowest BCUT2D eigenvalue weighted by Gasteiger charge is -2.14. The summed E-state index contributed by atoms with van der Waals surface area (Å²) in [6.07, 6.45) is 1.29. The van der Waals surface area contributed by atoms with Gasteiger partial charge in [0, 0.05) is 16.0 Å². The topological polar surface area (TPSA) is 107 Å². The van der Waals surface area contributed by atoms with Gasteiger partial charge in [-0.2, -0.15) is 0 Å². The predicted molar refractivity (Wildman–Crippen MR) is 110 cm³/mol. The first-order valence-electron chi connectivity index (χ1n) is 7.96. The molecule has 3 N–H and O–H groups in total. The molecule has 0 aliphatic carbocycles. The van der Waals surface area contributed by atoms with Gasteiger partial charge in [-0.05, 0) is 35.9 Å². The van der Waals surface area contributed by atoms with E-state index in [1.54, 1.807) is 19.1 Å². The minimum atomic E-state index is -3.52. The van der Waals surface area contributed by atoms with Crippen LogP contribution in [0.25, 0.3) is 10.9 Å². The Balaban J connectivity index is 2.15. The van der Waals surface area contributed by atoms with Crippen LogP contribution in [0.3, 0.4) is 0 Å². The number of anilines is 1. The third kappa shape index (κ3) is 3.86. The molecule has 0 unspecified atom stereocenters. The quantitative estimate of drug-likeness (QED) is 0.592. The van der Waals surface area contributed by atoms with Crippen molar-refractivity contribution >= 4 is 54.0 Å². The van der Waals surface area contributed by atoms with E-state index < -0.39 is 9.84 Å². The molecule has 0 saturated heterocycles. The highest BCUT2D eigenvalue weighted by Gasteiger charge is 2.18. The van der Waals surface area contributed by atoms with Crippen LogP contribution in [0.15, 0.2) is 50.8 Å². The maximum absolute atomic E-state index is 12.8. The van der Waals surface area contributed by atoms with Gasteiger partial charge in [-0.1, -0.05) is 34.5 Å². The van der Waals surface area contributed by atoms with Gasteiger partial charge in [0.1, 0.15) is 6.33 Å². The molecule has 0 radical (unpaired) electrons. The largest absolute Gasteiger partial charge is 0.326 e. The zero-order valence-corrected chi connectivity index (χ0v) is 17.4. The predicted octanol–water partition coefficient (Wildman–Crippen LogP) is 2.94. The molecule has 0 saturated carbocycles. The van der Waals surface area contributed by atoms with E-state index in [0.717, 1.165) is 10.2 Å². The van der Waals surface area contributed by atoms with Crippen molar-refractivity contribution in [2.75, 3.05) is 11.2 Å². The monoisotopic (exact) mass is 470 g/mol. The number of benzene rings is 2. The molecule has 10 heteroatoms. The molecule has 7 nitrogen and oxygen atoms in total. The first-order valence-corrected chi connectivity index (χ1v) is 10.8. The van der Waals surface area contributed by atoms with E-state index in [-0.39, 0.29) is 21.9 Å². The highest BCUT2D eigenvalue weighted by Crippen LogP contribution is 2.26. The molecule has 0 bridgehead atoms. The first-order chi connectivity index (χ1) is 12.8. The number of hydrogen-bond donors (Lipinski definition) is 2. The molecule has 0 aliphatic heterocycles. The summed E-state index contributed by atoms with van der Waals surface area (Å²) in [6.45, 7) is 1.85. The van der Waals surface area contributed by atoms with Crippen molar-refractivity contribution in [1.82, 2.24) is 9.66 Å². The van der Waals surface area contributed by atoms with Crippen LogP contribution in [0.1, 0.15) is 12.5 Å². The Morgan fingerprint density at radius 3 is 2.70 bits per heavy atom. The van der Waals surface area contributed by atoms with E-state index in [1.165, 1.54) is 24.5 Å². The highest BCUT2D eigenvalue weighted by atomic mass is 79.9. The number of rotatable bonds is 5. The summed E-state index contributed by atoms with van der Waals surface area (Å²) in [4.78, 5) is 17.1. The summed E-state index contributed by atoms with van der Waals surface area (Å²) in [5.74, 6) is -0.0804. The molecule has 0 spiro atoms. The molecule has 0 aliphatic rings. The van der Waals surface area contributed by atoms with E-state index in [2.05, 4.69) is 26.3 Å². The fourth-order valence-electron chi connectivity index (χ4n) is 2.57. The molecule has 142 valence electrons. The smallest absolute Gasteiger partial charge is 0.280 e. The molecule has 2 aromatic carbocycles.